The van der Waals surface area contributed by atoms with Gasteiger partial charge in [-0.25, -0.2) is 18.4 Å². The third kappa shape index (κ3) is 3.92. The maximum absolute atomic E-state index is 11.7. The minimum atomic E-state index is -3.29. The number of para-hydroxylation sites is 1. The van der Waals surface area contributed by atoms with E-state index < -0.39 is 9.84 Å². The first-order valence-electron chi connectivity index (χ1n) is 7.37. The topological polar surface area (TPSA) is 94.1 Å². The number of anilines is 2. The molecule has 0 radical (unpaired) electrons. The Balaban J connectivity index is 1.93. The summed E-state index contributed by atoms with van der Waals surface area (Å²) in [6, 6.07) is 13.9. The largest absolute Gasteiger partial charge is 0.496 e. The molecule has 0 atom stereocenters. The molecule has 25 heavy (non-hydrogen) atoms. The van der Waals surface area contributed by atoms with Gasteiger partial charge in [0.15, 0.2) is 15.7 Å². The molecule has 8 heteroatoms. The van der Waals surface area contributed by atoms with E-state index >= 15 is 0 Å². The Hall–Kier alpha value is -3.00. The molecule has 0 aliphatic carbocycles. The van der Waals surface area contributed by atoms with Gasteiger partial charge in [0.1, 0.15) is 12.1 Å². The number of sulfone groups is 1. The van der Waals surface area contributed by atoms with Gasteiger partial charge in [-0.1, -0.05) is 18.2 Å². The fourth-order valence-corrected chi connectivity index (χ4v) is 2.92. The molecule has 2 aromatic carbocycles. The van der Waals surface area contributed by atoms with Gasteiger partial charge in [0, 0.05) is 11.9 Å². The molecule has 0 saturated heterocycles. The van der Waals surface area contributed by atoms with Crippen LogP contribution < -0.4 is 10.1 Å². The van der Waals surface area contributed by atoms with Gasteiger partial charge in [-0.3, -0.25) is 0 Å². The van der Waals surface area contributed by atoms with Crippen molar-refractivity contribution in [2.75, 3.05) is 18.7 Å². The summed E-state index contributed by atoms with van der Waals surface area (Å²) in [5.41, 5.74) is 1.31. The van der Waals surface area contributed by atoms with Gasteiger partial charge in [-0.05, 0) is 30.3 Å². The van der Waals surface area contributed by atoms with Crippen molar-refractivity contribution < 1.29 is 13.2 Å². The molecule has 1 heterocycles. The number of hydrogen-bond donors (Lipinski definition) is 1. The Morgan fingerprint density at radius 2 is 1.84 bits per heavy atom. The van der Waals surface area contributed by atoms with Gasteiger partial charge in [-0.15, -0.1) is 0 Å². The van der Waals surface area contributed by atoms with Crippen molar-refractivity contribution in [3.8, 4) is 17.1 Å². The Morgan fingerprint density at radius 3 is 2.60 bits per heavy atom. The van der Waals surface area contributed by atoms with E-state index in [2.05, 4.69) is 20.3 Å². The molecular formula is C17H16N4O3S. The summed E-state index contributed by atoms with van der Waals surface area (Å²) in [5.74, 6) is 1.41. The van der Waals surface area contributed by atoms with Gasteiger partial charge in [0.25, 0.3) is 0 Å². The number of methoxy groups -OCH3 is 1. The second-order valence-corrected chi connectivity index (χ2v) is 7.27. The van der Waals surface area contributed by atoms with Crippen LogP contribution in [-0.2, 0) is 9.84 Å². The lowest BCUT2D eigenvalue weighted by atomic mass is 10.2. The highest BCUT2D eigenvalue weighted by Gasteiger charge is 2.11. The molecule has 0 fully saturated rings. The van der Waals surface area contributed by atoms with Crippen molar-refractivity contribution in [3.63, 3.8) is 0 Å². The molecule has 128 valence electrons. The first-order chi connectivity index (χ1) is 12.0. The number of hydrogen-bond acceptors (Lipinski definition) is 7. The van der Waals surface area contributed by atoms with Crippen LogP contribution in [0.4, 0.5) is 11.6 Å². The highest BCUT2D eigenvalue weighted by Crippen LogP contribution is 2.27. The number of ether oxygens (including phenoxy) is 1. The second-order valence-electron chi connectivity index (χ2n) is 5.26. The van der Waals surface area contributed by atoms with Gasteiger partial charge in [0.05, 0.1) is 17.6 Å². The zero-order valence-corrected chi connectivity index (χ0v) is 14.5. The minimum Gasteiger partial charge on any atom is -0.496 e. The molecule has 1 aromatic heterocycles. The predicted molar refractivity (Wildman–Crippen MR) is 94.6 cm³/mol. The molecule has 3 rings (SSSR count). The molecule has 0 spiro atoms. The summed E-state index contributed by atoms with van der Waals surface area (Å²) < 4.78 is 28.7. The fourth-order valence-electron chi connectivity index (χ4n) is 2.25. The number of nitrogens with zero attached hydrogens (tertiary/aromatic N) is 3. The lowest BCUT2D eigenvalue weighted by Crippen LogP contribution is -2.02. The molecule has 3 aromatic rings. The van der Waals surface area contributed by atoms with Crippen LogP contribution in [0.15, 0.2) is 59.8 Å². The van der Waals surface area contributed by atoms with E-state index in [1.165, 1.54) is 18.5 Å². The van der Waals surface area contributed by atoms with Crippen molar-refractivity contribution in [2.24, 2.45) is 0 Å². The van der Waals surface area contributed by atoms with Gasteiger partial charge >= 0.3 is 0 Å². The molecule has 0 aliphatic heterocycles. The minimum absolute atomic E-state index is 0.219. The SMILES string of the molecule is COc1ccccc1-c1ncnc(Nc2cccc(S(C)(=O)=O)c2)n1. The molecule has 0 amide bonds. The van der Waals surface area contributed by atoms with Gasteiger partial charge in [0.2, 0.25) is 5.95 Å². The number of aromatic nitrogens is 3. The van der Waals surface area contributed by atoms with Crippen molar-refractivity contribution >= 4 is 21.5 Å². The standard InChI is InChI=1S/C17H16N4O3S/c1-24-15-9-4-3-8-14(15)16-18-11-19-17(21-16)20-12-6-5-7-13(10-12)25(2,22)23/h3-11H,1-2H3,(H,18,19,20,21). The van der Waals surface area contributed by atoms with Crippen molar-refractivity contribution in [1.29, 1.82) is 0 Å². The summed E-state index contributed by atoms with van der Waals surface area (Å²) in [7, 11) is -1.71. The Bertz CT molecular complexity index is 1010. The van der Waals surface area contributed by atoms with Crippen molar-refractivity contribution in [2.45, 2.75) is 4.90 Å². The smallest absolute Gasteiger partial charge is 0.230 e. The molecular weight excluding hydrogens is 340 g/mol. The molecule has 0 bridgehead atoms. The summed E-state index contributed by atoms with van der Waals surface area (Å²) in [6.07, 6.45) is 2.55. The monoisotopic (exact) mass is 356 g/mol. The van der Waals surface area contributed by atoms with Crippen LogP contribution in [0, 0.1) is 0 Å². The van der Waals surface area contributed by atoms with E-state index in [9.17, 15) is 8.42 Å². The van der Waals surface area contributed by atoms with Crippen molar-refractivity contribution in [1.82, 2.24) is 15.0 Å². The summed E-state index contributed by atoms with van der Waals surface area (Å²) in [6.45, 7) is 0. The Kier molecular flexibility index (Phi) is 4.62. The number of benzene rings is 2. The lowest BCUT2D eigenvalue weighted by Gasteiger charge is -2.09. The summed E-state index contributed by atoms with van der Waals surface area (Å²) in [4.78, 5) is 12.9. The zero-order valence-electron chi connectivity index (χ0n) is 13.7. The van der Waals surface area contributed by atoms with Crippen LogP contribution in [-0.4, -0.2) is 36.7 Å². The lowest BCUT2D eigenvalue weighted by molar-refractivity contribution is 0.416. The van der Waals surface area contributed by atoms with Crippen LogP contribution >= 0.6 is 0 Å². The highest BCUT2D eigenvalue weighted by molar-refractivity contribution is 7.90. The highest BCUT2D eigenvalue weighted by atomic mass is 32.2. The predicted octanol–water partition coefficient (Wildman–Crippen LogP) is 2.69. The first kappa shape index (κ1) is 16.8. The third-order valence-electron chi connectivity index (χ3n) is 3.44. The second kappa shape index (κ2) is 6.86. The third-order valence-corrected chi connectivity index (χ3v) is 4.55. The van der Waals surface area contributed by atoms with Crippen LogP contribution in [0.3, 0.4) is 0 Å². The molecule has 0 aliphatic rings. The first-order valence-corrected chi connectivity index (χ1v) is 9.26. The molecule has 0 unspecified atom stereocenters. The van der Waals surface area contributed by atoms with Crippen LogP contribution in [0.1, 0.15) is 0 Å². The maximum atomic E-state index is 11.7. The number of rotatable bonds is 5. The van der Waals surface area contributed by atoms with E-state index in [1.807, 2.05) is 24.3 Å². The molecule has 1 N–H and O–H groups in total. The van der Waals surface area contributed by atoms with Crippen LogP contribution in [0.5, 0.6) is 5.75 Å². The van der Waals surface area contributed by atoms with E-state index in [1.54, 1.807) is 19.2 Å². The average molecular weight is 356 g/mol. The van der Waals surface area contributed by atoms with Gasteiger partial charge in [-0.2, -0.15) is 4.98 Å². The van der Waals surface area contributed by atoms with Gasteiger partial charge < -0.3 is 10.1 Å². The van der Waals surface area contributed by atoms with Crippen LogP contribution in [0.25, 0.3) is 11.4 Å². The van der Waals surface area contributed by atoms with E-state index in [0.717, 1.165) is 11.8 Å². The van der Waals surface area contributed by atoms with E-state index in [0.29, 0.717) is 23.2 Å². The zero-order chi connectivity index (χ0) is 17.9. The van der Waals surface area contributed by atoms with E-state index in [4.69, 9.17) is 4.74 Å². The summed E-state index contributed by atoms with van der Waals surface area (Å²) in [5, 5.41) is 3.00. The van der Waals surface area contributed by atoms with E-state index in [-0.39, 0.29) is 4.90 Å². The molecule has 7 nitrogen and oxygen atoms in total. The summed E-state index contributed by atoms with van der Waals surface area (Å²) >= 11 is 0. The Labute approximate surface area is 145 Å². The molecule has 0 saturated carbocycles. The number of nitrogens with one attached hydrogen (secondary N) is 1. The average Bonchev–Trinajstić information content (AvgIpc) is 2.61. The quantitative estimate of drug-likeness (QED) is 0.751. The normalized spacial score (nSPS) is 11.1. The van der Waals surface area contributed by atoms with Crippen LogP contribution in [0.2, 0.25) is 0 Å². The fraction of sp³-hybridized carbons (Fsp3) is 0.118. The maximum Gasteiger partial charge on any atom is 0.230 e. The van der Waals surface area contributed by atoms with Crippen molar-refractivity contribution in [3.05, 3.63) is 54.9 Å². The Morgan fingerprint density at radius 1 is 1.04 bits per heavy atom.